The normalized spacial score (nSPS) is 6.67. The Morgan fingerprint density at radius 2 is 1.50 bits per heavy atom. The molecule has 6 heteroatoms. The highest BCUT2D eigenvalue weighted by Gasteiger charge is 1.59. The summed E-state index contributed by atoms with van der Waals surface area (Å²) in [6.07, 6.45) is 0. The number of H-pyrrole nitrogens is 1. The average molecular weight is 108 g/mol. The molecule has 0 amide bonds. The summed E-state index contributed by atoms with van der Waals surface area (Å²) in [5.74, 6) is 0. The maximum Gasteiger partial charge on any atom is -0.00217 e. The van der Waals surface area contributed by atoms with Gasteiger partial charge in [0.05, 0.1) is 0 Å². The Balaban J connectivity index is 0.000000250. The van der Waals surface area contributed by atoms with E-state index in [1.54, 1.807) is 0 Å². The zero-order chi connectivity index (χ0) is 3.54. The molecule has 0 aliphatic heterocycles. The van der Waals surface area contributed by atoms with E-state index in [4.69, 9.17) is 0 Å². The Kier molecular flexibility index (Phi) is 2.22. The molecule has 1 heterocycles. The van der Waals surface area contributed by atoms with E-state index in [2.05, 4.69) is 26.1 Å². The van der Waals surface area contributed by atoms with E-state index in [9.17, 15) is 0 Å². The van der Waals surface area contributed by atoms with Gasteiger partial charge in [0, 0.05) is 0 Å². The lowest BCUT2D eigenvalue weighted by atomic mass is 12.7. The summed E-state index contributed by atoms with van der Waals surface area (Å²) in [4.78, 5) is 0. The third-order valence-electron chi connectivity index (χ3n) is 0.219. The van der Waals surface area contributed by atoms with Gasteiger partial charge in [-0.25, -0.2) is 0 Å². The Labute approximate surface area is 39.5 Å². The standard InChI is InChI=1S/ClH.HN5/c;1-2-4-5-3-1/h1H;(H,1,2,3,4,5). The summed E-state index contributed by atoms with van der Waals surface area (Å²) < 4.78 is 0. The first-order valence-corrected chi connectivity index (χ1v) is 1.05. The molecule has 5 nitrogen and oxygen atoms in total. The van der Waals surface area contributed by atoms with Gasteiger partial charge in [0.25, 0.3) is 0 Å². The number of nitrogens with one attached hydrogen (secondary N) is 1. The van der Waals surface area contributed by atoms with Crippen LogP contribution in [0.5, 0.6) is 0 Å². The lowest BCUT2D eigenvalue weighted by Crippen LogP contribution is -1.64. The summed E-state index contributed by atoms with van der Waals surface area (Å²) in [5.41, 5.74) is 0. The zero-order valence-electron chi connectivity index (χ0n) is 2.70. The van der Waals surface area contributed by atoms with Gasteiger partial charge in [-0.3, -0.25) is 0 Å². The number of aromatic amines is 1. The first-order valence-electron chi connectivity index (χ1n) is 1.05. The molecule has 1 aromatic rings. The predicted octanol–water partition coefficient (Wildman–Crippen LogP) is -0.984. The van der Waals surface area contributed by atoms with Crippen LogP contribution in [0.15, 0.2) is 0 Å². The Morgan fingerprint density at radius 3 is 1.67 bits per heavy atom. The van der Waals surface area contributed by atoms with Crippen LogP contribution in [0.2, 0.25) is 0 Å². The van der Waals surface area contributed by atoms with E-state index < -0.39 is 0 Å². The van der Waals surface area contributed by atoms with Crippen molar-refractivity contribution in [1.29, 1.82) is 0 Å². The second-order valence-corrected chi connectivity index (χ2v) is 0.479. The Hall–Kier alpha value is -0.710. The lowest BCUT2D eigenvalue weighted by molar-refractivity contribution is 0.881. The summed E-state index contributed by atoms with van der Waals surface area (Å²) in [6.45, 7) is 0. The maximum atomic E-state index is 3.12. The van der Waals surface area contributed by atoms with Gasteiger partial charge >= 0.3 is 0 Å². The van der Waals surface area contributed by atoms with Gasteiger partial charge in [-0.05, 0) is 20.9 Å². The van der Waals surface area contributed by atoms with Crippen molar-refractivity contribution in [3.8, 4) is 0 Å². The molecule has 0 radical (unpaired) electrons. The molecular weight excluding hydrogens is 105 g/mol. The van der Waals surface area contributed by atoms with E-state index in [1.807, 2.05) is 0 Å². The highest BCUT2D eigenvalue weighted by atomic mass is 35.5. The SMILES string of the molecule is Cl.n1nn[nH]n1. The molecule has 1 N–H and O–H groups in total. The van der Waals surface area contributed by atoms with Crippen LogP contribution in [-0.4, -0.2) is 26.1 Å². The topological polar surface area (TPSA) is 67.3 Å². The van der Waals surface area contributed by atoms with E-state index in [0.717, 1.165) is 0 Å². The van der Waals surface area contributed by atoms with Crippen LogP contribution in [-0.2, 0) is 0 Å². The minimum absolute atomic E-state index is 0. The summed E-state index contributed by atoms with van der Waals surface area (Å²) in [7, 11) is 0. The smallest absolute Gasteiger partial charge is 0.00217 e. The average Bonchev–Trinajstić information content (AvgIpc) is 1.76. The van der Waals surface area contributed by atoms with Crippen LogP contribution in [0, 0.1) is 0 Å². The first kappa shape index (κ1) is 5.29. The van der Waals surface area contributed by atoms with Gasteiger partial charge in [-0.2, -0.15) is 5.21 Å². The van der Waals surface area contributed by atoms with Gasteiger partial charge in [0.2, 0.25) is 0 Å². The molecule has 0 aliphatic rings. The van der Waals surface area contributed by atoms with Crippen LogP contribution in [0.4, 0.5) is 0 Å². The first-order chi connectivity index (χ1) is 2.50. The monoisotopic (exact) mass is 107 g/mol. The van der Waals surface area contributed by atoms with Gasteiger partial charge in [-0.1, -0.05) is 0 Å². The molecule has 0 spiro atoms. The van der Waals surface area contributed by atoms with Crippen molar-refractivity contribution in [2.75, 3.05) is 0 Å². The largest absolute Gasteiger partial charge is 0.157 e. The number of nitrogens with zero attached hydrogens (tertiary/aromatic N) is 4. The molecule has 0 atom stereocenters. The van der Waals surface area contributed by atoms with E-state index >= 15 is 0 Å². The van der Waals surface area contributed by atoms with Gasteiger partial charge in [0.15, 0.2) is 0 Å². The third kappa shape index (κ3) is 0.937. The van der Waals surface area contributed by atoms with E-state index in [1.165, 1.54) is 0 Å². The van der Waals surface area contributed by atoms with Crippen LogP contribution < -0.4 is 0 Å². The second-order valence-electron chi connectivity index (χ2n) is 0.479. The zero-order valence-corrected chi connectivity index (χ0v) is 3.51. The molecule has 0 saturated carbocycles. The molecular formula is H2ClN5. The van der Waals surface area contributed by atoms with Gasteiger partial charge in [-0.15, -0.1) is 12.4 Å². The second kappa shape index (κ2) is 2.52. The molecule has 1 aromatic heterocycles. The number of aromatic nitrogens is 5. The number of rotatable bonds is 0. The minimum Gasteiger partial charge on any atom is -0.157 e. The third-order valence-corrected chi connectivity index (χ3v) is 0.219. The quantitative estimate of drug-likeness (QED) is 0.463. The van der Waals surface area contributed by atoms with Crippen molar-refractivity contribution in [2.45, 2.75) is 0 Å². The van der Waals surface area contributed by atoms with Crippen molar-refractivity contribution < 1.29 is 0 Å². The summed E-state index contributed by atoms with van der Waals surface area (Å²) >= 11 is 0. The van der Waals surface area contributed by atoms with E-state index in [-0.39, 0.29) is 12.4 Å². The fourth-order valence-corrected chi connectivity index (χ4v) is 0.100. The summed E-state index contributed by atoms with van der Waals surface area (Å²) in [5, 5.41) is 14.5. The number of hydrogen-bond acceptors (Lipinski definition) is 4. The fraction of sp³-hybridized carbons (Fsp3) is 0. The molecule has 0 saturated heterocycles. The van der Waals surface area contributed by atoms with Crippen molar-refractivity contribution in [3.63, 3.8) is 0 Å². The highest BCUT2D eigenvalue weighted by Crippen LogP contribution is 1.31. The van der Waals surface area contributed by atoms with Crippen LogP contribution in [0.3, 0.4) is 0 Å². The molecule has 0 unspecified atom stereocenters. The van der Waals surface area contributed by atoms with Crippen molar-refractivity contribution in [3.05, 3.63) is 0 Å². The minimum atomic E-state index is 0. The Morgan fingerprint density at radius 1 is 1.00 bits per heavy atom. The molecule has 6 heavy (non-hydrogen) atoms. The van der Waals surface area contributed by atoms with E-state index in [0.29, 0.717) is 0 Å². The summed E-state index contributed by atoms with van der Waals surface area (Å²) in [6, 6.07) is 0. The molecule has 34 valence electrons. The van der Waals surface area contributed by atoms with Crippen molar-refractivity contribution in [1.82, 2.24) is 26.1 Å². The molecule has 0 aromatic carbocycles. The highest BCUT2D eigenvalue weighted by molar-refractivity contribution is 5.85. The van der Waals surface area contributed by atoms with Crippen LogP contribution in [0.25, 0.3) is 0 Å². The number of halogens is 1. The fourth-order valence-electron chi connectivity index (χ4n) is 0.100. The van der Waals surface area contributed by atoms with Crippen LogP contribution >= 0.6 is 12.4 Å². The van der Waals surface area contributed by atoms with Crippen LogP contribution in [0.1, 0.15) is 0 Å². The predicted molar refractivity (Wildman–Crippen MR) is 19.2 cm³/mol. The molecule has 0 bridgehead atoms. The van der Waals surface area contributed by atoms with Crippen molar-refractivity contribution >= 4 is 12.4 Å². The Bertz CT molecular complexity index is 60.4. The van der Waals surface area contributed by atoms with Gasteiger partial charge in [0.1, 0.15) is 0 Å². The molecule has 0 aliphatic carbocycles. The molecule has 0 fully saturated rings. The lowest BCUT2D eigenvalue weighted by Gasteiger charge is -1.40. The molecule has 1 rings (SSSR count). The number of hydrogen-bond donors (Lipinski definition) is 1. The van der Waals surface area contributed by atoms with Crippen molar-refractivity contribution in [2.24, 2.45) is 0 Å². The maximum absolute atomic E-state index is 3.12. The van der Waals surface area contributed by atoms with Gasteiger partial charge < -0.3 is 0 Å².